The molecule has 0 bridgehead atoms. The van der Waals surface area contributed by atoms with Crippen LogP contribution in [-0.4, -0.2) is 24.5 Å². The van der Waals surface area contributed by atoms with Crippen LogP contribution in [0.3, 0.4) is 0 Å². The van der Waals surface area contributed by atoms with Gasteiger partial charge in [-0.2, -0.15) is 0 Å². The summed E-state index contributed by atoms with van der Waals surface area (Å²) in [7, 11) is 0. The molecule has 0 aromatic heterocycles. The minimum Gasteiger partial charge on any atom is -0.452 e. The fraction of sp³-hybridized carbons (Fsp3) is 0.529. The van der Waals surface area contributed by atoms with Crippen LogP contribution in [0.25, 0.3) is 0 Å². The van der Waals surface area contributed by atoms with Crippen molar-refractivity contribution in [2.75, 3.05) is 6.61 Å². The van der Waals surface area contributed by atoms with E-state index in [2.05, 4.69) is 19.2 Å². The number of ether oxygens (including phenoxy) is 1. The van der Waals surface area contributed by atoms with E-state index in [-0.39, 0.29) is 18.6 Å². The van der Waals surface area contributed by atoms with Gasteiger partial charge in [0.2, 0.25) is 0 Å². The molecule has 1 aromatic carbocycles. The summed E-state index contributed by atoms with van der Waals surface area (Å²) in [6.07, 6.45) is 3.36. The van der Waals surface area contributed by atoms with Gasteiger partial charge in [0.05, 0.1) is 5.56 Å². The first-order valence-corrected chi connectivity index (χ1v) is 7.59. The molecular formula is C17H23NO3. The summed E-state index contributed by atoms with van der Waals surface area (Å²) in [6.45, 7) is 4.18. The maximum absolute atomic E-state index is 11.9. The molecule has 0 unspecified atom stereocenters. The van der Waals surface area contributed by atoms with Crippen LogP contribution in [0.4, 0.5) is 0 Å². The Hall–Kier alpha value is -1.84. The molecule has 21 heavy (non-hydrogen) atoms. The van der Waals surface area contributed by atoms with Gasteiger partial charge >= 0.3 is 5.97 Å². The highest BCUT2D eigenvalue weighted by molar-refractivity contribution is 5.91. The second-order valence-electron chi connectivity index (χ2n) is 5.88. The first kappa shape index (κ1) is 15.5. The van der Waals surface area contributed by atoms with E-state index < -0.39 is 5.97 Å². The SMILES string of the molecule is C[C@@H]1[C@H](C)CCC[C@@H]1NC(=O)COC(=O)c1ccccc1. The van der Waals surface area contributed by atoms with Crippen LogP contribution in [0.15, 0.2) is 30.3 Å². The van der Waals surface area contributed by atoms with Gasteiger partial charge in [0.1, 0.15) is 0 Å². The number of esters is 1. The lowest BCUT2D eigenvalue weighted by Crippen LogP contribution is -2.45. The van der Waals surface area contributed by atoms with Crippen molar-refractivity contribution in [1.82, 2.24) is 5.32 Å². The third kappa shape index (κ3) is 4.31. The van der Waals surface area contributed by atoms with Gasteiger partial charge in [0.15, 0.2) is 6.61 Å². The molecular weight excluding hydrogens is 266 g/mol. The Morgan fingerprint density at radius 3 is 2.62 bits per heavy atom. The smallest absolute Gasteiger partial charge is 0.338 e. The van der Waals surface area contributed by atoms with Crippen molar-refractivity contribution in [3.63, 3.8) is 0 Å². The molecule has 0 radical (unpaired) electrons. The highest BCUT2D eigenvalue weighted by Crippen LogP contribution is 2.29. The van der Waals surface area contributed by atoms with Crippen LogP contribution in [0.5, 0.6) is 0 Å². The van der Waals surface area contributed by atoms with Crippen molar-refractivity contribution in [3.05, 3.63) is 35.9 Å². The number of benzene rings is 1. The third-order valence-electron chi connectivity index (χ3n) is 4.40. The molecule has 1 fully saturated rings. The first-order valence-electron chi connectivity index (χ1n) is 7.59. The minimum absolute atomic E-state index is 0.191. The molecule has 1 N–H and O–H groups in total. The average molecular weight is 289 g/mol. The van der Waals surface area contributed by atoms with Crippen LogP contribution in [0.2, 0.25) is 0 Å². The second kappa shape index (κ2) is 7.25. The van der Waals surface area contributed by atoms with Crippen molar-refractivity contribution >= 4 is 11.9 Å². The number of carbonyl (C=O) groups is 2. The van der Waals surface area contributed by atoms with Crippen molar-refractivity contribution in [2.45, 2.75) is 39.2 Å². The standard InChI is InChI=1S/C17H23NO3/c1-12-7-6-10-15(13(12)2)18-16(19)11-21-17(20)14-8-4-3-5-9-14/h3-5,8-9,12-13,15H,6-7,10-11H2,1-2H3,(H,18,19)/t12-,13-,15+/m1/s1. The maximum Gasteiger partial charge on any atom is 0.338 e. The summed E-state index contributed by atoms with van der Waals surface area (Å²) in [5.41, 5.74) is 0.463. The molecule has 0 spiro atoms. The molecule has 1 amide bonds. The van der Waals surface area contributed by atoms with E-state index in [4.69, 9.17) is 4.74 Å². The van der Waals surface area contributed by atoms with Gasteiger partial charge in [-0.25, -0.2) is 4.79 Å². The van der Waals surface area contributed by atoms with Gasteiger partial charge in [0.25, 0.3) is 5.91 Å². The Morgan fingerprint density at radius 1 is 1.19 bits per heavy atom. The lowest BCUT2D eigenvalue weighted by Gasteiger charge is -2.34. The van der Waals surface area contributed by atoms with Crippen molar-refractivity contribution < 1.29 is 14.3 Å². The number of rotatable bonds is 4. The fourth-order valence-corrected chi connectivity index (χ4v) is 2.82. The van der Waals surface area contributed by atoms with E-state index in [1.165, 1.54) is 6.42 Å². The molecule has 1 saturated carbocycles. The molecule has 3 atom stereocenters. The quantitative estimate of drug-likeness (QED) is 0.867. The number of hydrogen-bond donors (Lipinski definition) is 1. The van der Waals surface area contributed by atoms with E-state index in [0.29, 0.717) is 17.4 Å². The van der Waals surface area contributed by atoms with E-state index >= 15 is 0 Å². The van der Waals surface area contributed by atoms with Crippen LogP contribution in [0, 0.1) is 11.8 Å². The van der Waals surface area contributed by atoms with Gasteiger partial charge in [-0.1, -0.05) is 44.9 Å². The molecule has 4 heteroatoms. The zero-order valence-corrected chi connectivity index (χ0v) is 12.7. The van der Waals surface area contributed by atoms with Crippen LogP contribution >= 0.6 is 0 Å². The van der Waals surface area contributed by atoms with Crippen molar-refractivity contribution in [2.24, 2.45) is 11.8 Å². The highest BCUT2D eigenvalue weighted by Gasteiger charge is 2.28. The lowest BCUT2D eigenvalue weighted by molar-refractivity contribution is -0.125. The topological polar surface area (TPSA) is 55.4 Å². The summed E-state index contributed by atoms with van der Waals surface area (Å²) in [5.74, 6) is 0.407. The van der Waals surface area contributed by atoms with Gasteiger partial charge in [-0.05, 0) is 30.4 Å². The zero-order chi connectivity index (χ0) is 15.2. The maximum atomic E-state index is 11.9. The Labute approximate surface area is 125 Å². The second-order valence-corrected chi connectivity index (χ2v) is 5.88. The Morgan fingerprint density at radius 2 is 1.90 bits per heavy atom. The summed E-state index contributed by atoms with van der Waals surface area (Å²) in [4.78, 5) is 23.7. The lowest BCUT2D eigenvalue weighted by atomic mass is 9.78. The van der Waals surface area contributed by atoms with Crippen LogP contribution in [0.1, 0.15) is 43.5 Å². The summed E-state index contributed by atoms with van der Waals surface area (Å²) < 4.78 is 5.04. The molecule has 0 aliphatic heterocycles. The fourth-order valence-electron chi connectivity index (χ4n) is 2.82. The molecule has 1 aromatic rings. The number of nitrogens with one attached hydrogen (secondary N) is 1. The predicted molar refractivity (Wildman–Crippen MR) is 80.8 cm³/mol. The summed E-state index contributed by atoms with van der Waals surface area (Å²) in [5, 5.41) is 2.99. The van der Waals surface area contributed by atoms with E-state index in [0.717, 1.165) is 12.8 Å². The van der Waals surface area contributed by atoms with Gasteiger partial charge in [-0.3, -0.25) is 4.79 Å². The number of carbonyl (C=O) groups excluding carboxylic acids is 2. The third-order valence-corrected chi connectivity index (χ3v) is 4.40. The largest absolute Gasteiger partial charge is 0.452 e. The Kier molecular flexibility index (Phi) is 5.37. The van der Waals surface area contributed by atoms with Crippen LogP contribution in [-0.2, 0) is 9.53 Å². The normalized spacial score (nSPS) is 25.1. The van der Waals surface area contributed by atoms with E-state index in [1.807, 2.05) is 6.07 Å². The van der Waals surface area contributed by atoms with Gasteiger partial charge < -0.3 is 10.1 Å². The van der Waals surface area contributed by atoms with Crippen molar-refractivity contribution in [1.29, 1.82) is 0 Å². The minimum atomic E-state index is -0.462. The average Bonchev–Trinajstić information content (AvgIpc) is 2.50. The van der Waals surface area contributed by atoms with E-state index in [1.54, 1.807) is 24.3 Å². The van der Waals surface area contributed by atoms with E-state index in [9.17, 15) is 9.59 Å². The summed E-state index contributed by atoms with van der Waals surface area (Å²) >= 11 is 0. The Balaban J connectivity index is 1.78. The molecule has 0 saturated heterocycles. The molecule has 2 rings (SSSR count). The zero-order valence-electron chi connectivity index (χ0n) is 12.7. The molecule has 1 aliphatic rings. The molecule has 114 valence electrons. The molecule has 1 aliphatic carbocycles. The highest BCUT2D eigenvalue weighted by atomic mass is 16.5. The Bertz CT molecular complexity index is 486. The number of hydrogen-bond acceptors (Lipinski definition) is 3. The molecule has 0 heterocycles. The molecule has 4 nitrogen and oxygen atoms in total. The summed E-state index contributed by atoms with van der Waals surface area (Å²) in [6, 6.07) is 8.89. The first-order chi connectivity index (χ1) is 10.1. The van der Waals surface area contributed by atoms with Crippen molar-refractivity contribution in [3.8, 4) is 0 Å². The van der Waals surface area contributed by atoms with Gasteiger partial charge in [-0.15, -0.1) is 0 Å². The van der Waals surface area contributed by atoms with Crippen LogP contribution < -0.4 is 5.32 Å². The monoisotopic (exact) mass is 289 g/mol. The predicted octanol–water partition coefficient (Wildman–Crippen LogP) is 2.78. The van der Waals surface area contributed by atoms with Gasteiger partial charge in [0, 0.05) is 6.04 Å². The number of amides is 1.